The predicted molar refractivity (Wildman–Crippen MR) is 98.7 cm³/mol. The minimum atomic E-state index is -0.976. The summed E-state index contributed by atoms with van der Waals surface area (Å²) in [5, 5.41) is 0. The van der Waals surface area contributed by atoms with Gasteiger partial charge in [-0.1, -0.05) is 18.2 Å². The predicted octanol–water partition coefficient (Wildman–Crippen LogP) is 1.63. The second-order valence-corrected chi connectivity index (χ2v) is 5.87. The Morgan fingerprint density at radius 2 is 2.04 bits per heavy atom. The molecule has 4 N–H and O–H groups in total. The number of pyridine rings is 1. The molecule has 1 aromatic heterocycles. The van der Waals surface area contributed by atoms with Crippen LogP contribution in [-0.2, 0) is 16.1 Å². The molecule has 0 spiro atoms. The molecule has 27 heavy (non-hydrogen) atoms. The van der Waals surface area contributed by atoms with Crippen LogP contribution in [0.2, 0.25) is 0 Å². The SMILES string of the molecule is NC(N)=NC(=O)OCc1cccc(-c2ccc(N3CCOCC3)nc2)c1F. The first-order chi connectivity index (χ1) is 13.0. The molecule has 1 aromatic carbocycles. The number of nitrogens with two attached hydrogens (primary N) is 2. The second kappa shape index (κ2) is 8.45. The smallest absolute Gasteiger partial charge is 0.437 e. The molecule has 1 saturated heterocycles. The van der Waals surface area contributed by atoms with Gasteiger partial charge in [-0.15, -0.1) is 4.99 Å². The number of ether oxygens (including phenoxy) is 2. The van der Waals surface area contributed by atoms with Gasteiger partial charge in [-0.25, -0.2) is 14.2 Å². The Morgan fingerprint density at radius 3 is 2.70 bits per heavy atom. The Morgan fingerprint density at radius 1 is 1.26 bits per heavy atom. The van der Waals surface area contributed by atoms with Crippen molar-refractivity contribution in [2.24, 2.45) is 16.5 Å². The number of morpholine rings is 1. The van der Waals surface area contributed by atoms with Crippen molar-refractivity contribution in [2.75, 3.05) is 31.2 Å². The number of halogens is 1. The molecule has 142 valence electrons. The largest absolute Gasteiger partial charge is 0.443 e. The molecule has 2 heterocycles. The van der Waals surface area contributed by atoms with Crippen LogP contribution in [-0.4, -0.2) is 43.3 Å². The number of amides is 1. The van der Waals surface area contributed by atoms with Gasteiger partial charge in [0.1, 0.15) is 18.2 Å². The van der Waals surface area contributed by atoms with Crippen LogP contribution in [0.15, 0.2) is 41.5 Å². The molecule has 1 fully saturated rings. The van der Waals surface area contributed by atoms with Crippen molar-refractivity contribution in [3.05, 3.63) is 47.9 Å². The fraction of sp³-hybridized carbons (Fsp3) is 0.278. The summed E-state index contributed by atoms with van der Waals surface area (Å²) in [4.78, 5) is 21.1. The Bertz CT molecular complexity index is 831. The number of guanidine groups is 1. The molecule has 1 amide bonds. The number of hydrogen-bond donors (Lipinski definition) is 2. The van der Waals surface area contributed by atoms with Crippen LogP contribution < -0.4 is 16.4 Å². The van der Waals surface area contributed by atoms with Crippen LogP contribution in [0.1, 0.15) is 5.56 Å². The van der Waals surface area contributed by atoms with Gasteiger partial charge < -0.3 is 25.8 Å². The van der Waals surface area contributed by atoms with E-state index in [9.17, 15) is 9.18 Å². The summed E-state index contributed by atoms with van der Waals surface area (Å²) in [5.41, 5.74) is 11.4. The van der Waals surface area contributed by atoms with Crippen molar-refractivity contribution in [3.8, 4) is 11.1 Å². The first-order valence-corrected chi connectivity index (χ1v) is 8.37. The number of nitrogens with zero attached hydrogens (tertiary/aromatic N) is 3. The summed E-state index contributed by atoms with van der Waals surface area (Å²) in [6.07, 6.45) is 0.648. The maximum Gasteiger partial charge on any atom is 0.437 e. The van der Waals surface area contributed by atoms with E-state index in [0.717, 1.165) is 18.9 Å². The van der Waals surface area contributed by atoms with Gasteiger partial charge in [0.2, 0.25) is 0 Å². The summed E-state index contributed by atoms with van der Waals surface area (Å²) < 4.78 is 25.0. The molecule has 0 unspecified atom stereocenters. The highest BCUT2D eigenvalue weighted by Gasteiger charge is 2.15. The third-order valence-corrected chi connectivity index (χ3v) is 4.04. The fourth-order valence-electron chi connectivity index (χ4n) is 2.72. The van der Waals surface area contributed by atoms with Crippen LogP contribution in [0, 0.1) is 5.82 Å². The van der Waals surface area contributed by atoms with Crippen molar-refractivity contribution in [1.29, 1.82) is 0 Å². The van der Waals surface area contributed by atoms with Gasteiger partial charge in [-0.2, -0.15) is 0 Å². The number of aromatic nitrogens is 1. The minimum absolute atomic E-state index is 0.212. The Balaban J connectivity index is 1.74. The van der Waals surface area contributed by atoms with Crippen LogP contribution >= 0.6 is 0 Å². The van der Waals surface area contributed by atoms with Gasteiger partial charge in [0.15, 0.2) is 5.96 Å². The molecule has 0 atom stereocenters. The van der Waals surface area contributed by atoms with Gasteiger partial charge in [-0.05, 0) is 12.1 Å². The van der Waals surface area contributed by atoms with E-state index in [1.54, 1.807) is 18.3 Å². The number of benzene rings is 1. The van der Waals surface area contributed by atoms with Crippen molar-refractivity contribution in [2.45, 2.75) is 6.61 Å². The summed E-state index contributed by atoms with van der Waals surface area (Å²) in [6, 6.07) is 8.51. The third-order valence-electron chi connectivity index (χ3n) is 4.04. The maximum atomic E-state index is 14.8. The van der Waals surface area contributed by atoms with Gasteiger partial charge in [0, 0.05) is 36.0 Å². The molecule has 0 bridgehead atoms. The summed E-state index contributed by atoms with van der Waals surface area (Å²) >= 11 is 0. The Kier molecular flexibility index (Phi) is 5.82. The number of carbonyl (C=O) groups excluding carboxylic acids is 1. The van der Waals surface area contributed by atoms with E-state index < -0.39 is 17.9 Å². The van der Waals surface area contributed by atoms with E-state index in [0.29, 0.717) is 24.3 Å². The third kappa shape index (κ3) is 4.70. The zero-order valence-corrected chi connectivity index (χ0v) is 14.6. The van der Waals surface area contributed by atoms with Crippen LogP contribution in [0.4, 0.5) is 15.0 Å². The molecular weight excluding hydrogens is 353 g/mol. The van der Waals surface area contributed by atoms with E-state index in [1.165, 1.54) is 6.07 Å². The van der Waals surface area contributed by atoms with E-state index in [4.69, 9.17) is 20.9 Å². The summed E-state index contributed by atoms with van der Waals surface area (Å²) in [5.74, 6) is -0.0821. The van der Waals surface area contributed by atoms with Gasteiger partial charge in [0.25, 0.3) is 0 Å². The zero-order valence-electron chi connectivity index (χ0n) is 14.6. The highest BCUT2D eigenvalue weighted by atomic mass is 19.1. The normalized spacial score (nSPS) is 13.9. The molecule has 1 aliphatic heterocycles. The van der Waals surface area contributed by atoms with Crippen LogP contribution in [0.25, 0.3) is 11.1 Å². The topological polar surface area (TPSA) is 116 Å². The summed E-state index contributed by atoms with van der Waals surface area (Å²) in [7, 11) is 0. The molecule has 0 radical (unpaired) electrons. The molecule has 1 aliphatic rings. The Hall–Kier alpha value is -3.20. The van der Waals surface area contributed by atoms with E-state index in [1.807, 2.05) is 12.1 Å². The highest BCUT2D eigenvalue weighted by Crippen LogP contribution is 2.26. The van der Waals surface area contributed by atoms with E-state index in [-0.39, 0.29) is 12.2 Å². The molecule has 3 rings (SSSR count). The molecular formula is C18H20FN5O3. The van der Waals surface area contributed by atoms with Crippen LogP contribution in [0.5, 0.6) is 0 Å². The minimum Gasteiger partial charge on any atom is -0.443 e. The van der Waals surface area contributed by atoms with Crippen LogP contribution in [0.3, 0.4) is 0 Å². The lowest BCUT2D eigenvalue weighted by Crippen LogP contribution is -2.36. The highest BCUT2D eigenvalue weighted by molar-refractivity contribution is 5.87. The average Bonchev–Trinajstić information content (AvgIpc) is 2.67. The lowest BCUT2D eigenvalue weighted by atomic mass is 10.0. The van der Waals surface area contributed by atoms with Gasteiger partial charge in [0.05, 0.1) is 13.2 Å². The number of aliphatic imine (C=N–C) groups is 1. The van der Waals surface area contributed by atoms with E-state index in [2.05, 4.69) is 14.9 Å². The lowest BCUT2D eigenvalue weighted by Gasteiger charge is -2.27. The lowest BCUT2D eigenvalue weighted by molar-refractivity contribution is 0.122. The second-order valence-electron chi connectivity index (χ2n) is 5.87. The number of carbonyl (C=O) groups is 1. The number of rotatable bonds is 4. The van der Waals surface area contributed by atoms with Crippen molar-refractivity contribution in [1.82, 2.24) is 4.98 Å². The first kappa shape index (κ1) is 18.6. The molecule has 2 aromatic rings. The fourth-order valence-corrected chi connectivity index (χ4v) is 2.72. The average molecular weight is 373 g/mol. The number of hydrogen-bond acceptors (Lipinski definition) is 5. The quantitative estimate of drug-likeness (QED) is 0.618. The first-order valence-electron chi connectivity index (χ1n) is 8.37. The van der Waals surface area contributed by atoms with Crippen molar-refractivity contribution < 1.29 is 18.7 Å². The van der Waals surface area contributed by atoms with E-state index >= 15 is 0 Å². The molecule has 0 aliphatic carbocycles. The Labute approximate surface area is 155 Å². The monoisotopic (exact) mass is 373 g/mol. The number of anilines is 1. The van der Waals surface area contributed by atoms with Gasteiger partial charge in [-0.3, -0.25) is 0 Å². The zero-order chi connectivity index (χ0) is 19.2. The molecule has 0 saturated carbocycles. The molecule has 9 heteroatoms. The maximum absolute atomic E-state index is 14.8. The van der Waals surface area contributed by atoms with Gasteiger partial charge >= 0.3 is 6.09 Å². The molecule has 8 nitrogen and oxygen atoms in total. The summed E-state index contributed by atoms with van der Waals surface area (Å²) in [6.45, 7) is 2.60. The van der Waals surface area contributed by atoms with Crippen molar-refractivity contribution in [3.63, 3.8) is 0 Å². The standard InChI is InChI=1S/C18H20FN5O3/c19-16-13(11-27-18(25)23-17(20)21)2-1-3-14(16)12-4-5-15(22-10-12)24-6-8-26-9-7-24/h1-5,10H,6-9,11H2,(H4,20,21,23,25). The van der Waals surface area contributed by atoms with Crippen molar-refractivity contribution >= 4 is 17.9 Å².